The quantitative estimate of drug-likeness (QED) is 0.837. The van der Waals surface area contributed by atoms with Crippen LogP contribution in [0.5, 0.6) is 0 Å². The fourth-order valence-corrected chi connectivity index (χ4v) is 3.10. The predicted molar refractivity (Wildman–Crippen MR) is 69.5 cm³/mol. The number of anilines is 1. The molecule has 2 heteroatoms. The number of nitrogens with one attached hydrogen (secondary N) is 1. The fraction of sp³-hybridized carbons (Fsp3) is 0.538. The van der Waals surface area contributed by atoms with Crippen molar-refractivity contribution in [1.29, 1.82) is 0 Å². The molecular weight excluding hydrogens is 250 g/mol. The summed E-state index contributed by atoms with van der Waals surface area (Å²) in [7, 11) is 0. The van der Waals surface area contributed by atoms with Gasteiger partial charge in [-0.15, -0.1) is 0 Å². The second kappa shape index (κ2) is 4.56. The normalized spacial score (nSPS) is 17.0. The molecule has 1 aromatic carbocycles. The fourth-order valence-electron chi connectivity index (χ4n) is 2.41. The van der Waals surface area contributed by atoms with Gasteiger partial charge in [-0.3, -0.25) is 0 Å². The van der Waals surface area contributed by atoms with Gasteiger partial charge in [-0.2, -0.15) is 0 Å². The Morgan fingerprint density at radius 2 is 1.67 bits per heavy atom. The Labute approximate surface area is 100 Å². The van der Waals surface area contributed by atoms with Crippen molar-refractivity contribution in [2.24, 2.45) is 0 Å². The molecule has 15 heavy (non-hydrogen) atoms. The highest BCUT2D eigenvalue weighted by Crippen LogP contribution is 2.29. The highest BCUT2D eigenvalue weighted by atomic mass is 79.9. The van der Waals surface area contributed by atoms with Crippen LogP contribution in [-0.2, 0) is 0 Å². The summed E-state index contributed by atoms with van der Waals surface area (Å²) >= 11 is 3.53. The Bertz CT molecular complexity index is 331. The van der Waals surface area contributed by atoms with Crippen LogP contribution in [0.4, 0.5) is 5.69 Å². The van der Waals surface area contributed by atoms with Gasteiger partial charge in [0, 0.05) is 16.2 Å². The molecular formula is C13H18BrN. The molecule has 0 aromatic heterocycles. The van der Waals surface area contributed by atoms with Crippen LogP contribution in [0.2, 0.25) is 0 Å². The molecule has 1 saturated carbocycles. The molecule has 1 nitrogen and oxygen atoms in total. The van der Waals surface area contributed by atoms with E-state index in [9.17, 15) is 0 Å². The minimum atomic E-state index is 0.698. The van der Waals surface area contributed by atoms with Crippen molar-refractivity contribution >= 4 is 21.6 Å². The average molecular weight is 268 g/mol. The molecule has 0 radical (unpaired) electrons. The molecule has 82 valence electrons. The smallest absolute Gasteiger partial charge is 0.0402 e. The van der Waals surface area contributed by atoms with E-state index in [2.05, 4.69) is 47.2 Å². The van der Waals surface area contributed by atoms with Gasteiger partial charge in [-0.05, 0) is 49.9 Å². The summed E-state index contributed by atoms with van der Waals surface area (Å²) in [5, 5.41) is 3.68. The molecule has 1 aliphatic rings. The highest BCUT2D eigenvalue weighted by molar-refractivity contribution is 9.10. The number of aryl methyl sites for hydroxylation is 2. The van der Waals surface area contributed by atoms with E-state index >= 15 is 0 Å². The highest BCUT2D eigenvalue weighted by Gasteiger charge is 2.16. The Morgan fingerprint density at radius 3 is 2.20 bits per heavy atom. The number of hydrogen-bond donors (Lipinski definition) is 1. The van der Waals surface area contributed by atoms with Crippen LogP contribution in [0.3, 0.4) is 0 Å². The van der Waals surface area contributed by atoms with Crippen LogP contribution in [-0.4, -0.2) is 6.04 Å². The number of benzene rings is 1. The lowest BCUT2D eigenvalue weighted by Crippen LogP contribution is -2.16. The first kappa shape index (κ1) is 11.0. The van der Waals surface area contributed by atoms with E-state index in [4.69, 9.17) is 0 Å². The second-order valence-electron chi connectivity index (χ2n) is 4.54. The van der Waals surface area contributed by atoms with Gasteiger partial charge in [-0.25, -0.2) is 0 Å². The van der Waals surface area contributed by atoms with E-state index in [0.717, 1.165) is 0 Å². The van der Waals surface area contributed by atoms with Gasteiger partial charge in [0.05, 0.1) is 0 Å². The summed E-state index contributed by atoms with van der Waals surface area (Å²) in [6.45, 7) is 4.35. The average Bonchev–Trinajstić information content (AvgIpc) is 2.63. The van der Waals surface area contributed by atoms with Crippen LogP contribution in [0, 0.1) is 13.8 Å². The molecule has 2 rings (SSSR count). The van der Waals surface area contributed by atoms with Gasteiger partial charge in [0.2, 0.25) is 0 Å². The molecule has 1 fully saturated rings. The maximum absolute atomic E-state index is 3.68. The van der Waals surface area contributed by atoms with Gasteiger partial charge in [0.1, 0.15) is 0 Å². The lowest BCUT2D eigenvalue weighted by atomic mass is 10.1. The van der Waals surface area contributed by atoms with Gasteiger partial charge < -0.3 is 5.32 Å². The topological polar surface area (TPSA) is 12.0 Å². The molecule has 0 amide bonds. The third-order valence-corrected chi connectivity index (χ3v) is 3.66. The zero-order valence-electron chi connectivity index (χ0n) is 9.44. The van der Waals surface area contributed by atoms with Crippen molar-refractivity contribution in [3.05, 3.63) is 27.7 Å². The molecule has 0 saturated heterocycles. The van der Waals surface area contributed by atoms with E-state index in [1.165, 1.54) is 47.0 Å². The summed E-state index contributed by atoms with van der Waals surface area (Å²) in [5.41, 5.74) is 4.02. The van der Waals surface area contributed by atoms with Gasteiger partial charge in [0.15, 0.2) is 0 Å². The molecule has 1 N–H and O–H groups in total. The lowest BCUT2D eigenvalue weighted by molar-refractivity contribution is 0.753. The predicted octanol–water partition coefficient (Wildman–Crippen LogP) is 4.42. The van der Waals surface area contributed by atoms with E-state index in [1.54, 1.807) is 0 Å². The van der Waals surface area contributed by atoms with Crippen molar-refractivity contribution in [2.45, 2.75) is 45.6 Å². The Kier molecular flexibility index (Phi) is 3.35. The van der Waals surface area contributed by atoms with Crippen molar-refractivity contribution in [1.82, 2.24) is 0 Å². The van der Waals surface area contributed by atoms with Crippen LogP contribution in [0.25, 0.3) is 0 Å². The standard InChI is InChI=1S/C13H18BrN/c1-9-7-11(14)8-10(2)13(9)15-12-5-3-4-6-12/h7-8,12,15H,3-6H2,1-2H3. The van der Waals surface area contributed by atoms with Crippen LogP contribution < -0.4 is 5.32 Å². The second-order valence-corrected chi connectivity index (χ2v) is 5.46. The zero-order valence-corrected chi connectivity index (χ0v) is 11.0. The van der Waals surface area contributed by atoms with Gasteiger partial charge in [0.25, 0.3) is 0 Å². The van der Waals surface area contributed by atoms with Gasteiger partial charge in [-0.1, -0.05) is 28.8 Å². The molecule has 0 unspecified atom stereocenters. The van der Waals surface area contributed by atoms with Crippen LogP contribution in [0.15, 0.2) is 16.6 Å². The summed E-state index contributed by atoms with van der Waals surface area (Å²) in [6.07, 6.45) is 5.42. The van der Waals surface area contributed by atoms with E-state index in [-0.39, 0.29) is 0 Å². The Hall–Kier alpha value is -0.500. The molecule has 1 aromatic rings. The van der Waals surface area contributed by atoms with Crippen molar-refractivity contribution < 1.29 is 0 Å². The number of halogens is 1. The maximum atomic E-state index is 3.68. The minimum Gasteiger partial charge on any atom is -0.382 e. The van der Waals surface area contributed by atoms with Crippen molar-refractivity contribution in [2.75, 3.05) is 5.32 Å². The van der Waals surface area contributed by atoms with Crippen LogP contribution in [0.1, 0.15) is 36.8 Å². The largest absolute Gasteiger partial charge is 0.382 e. The summed E-state index contributed by atoms with van der Waals surface area (Å²) in [5.74, 6) is 0. The minimum absolute atomic E-state index is 0.698. The first-order valence-electron chi connectivity index (χ1n) is 5.70. The van der Waals surface area contributed by atoms with Crippen molar-refractivity contribution in [3.8, 4) is 0 Å². The van der Waals surface area contributed by atoms with Crippen LogP contribution >= 0.6 is 15.9 Å². The summed E-state index contributed by atoms with van der Waals surface area (Å²) in [4.78, 5) is 0. The maximum Gasteiger partial charge on any atom is 0.0402 e. The molecule has 0 bridgehead atoms. The zero-order chi connectivity index (χ0) is 10.8. The van der Waals surface area contributed by atoms with Gasteiger partial charge >= 0.3 is 0 Å². The van der Waals surface area contributed by atoms with E-state index < -0.39 is 0 Å². The molecule has 0 atom stereocenters. The Morgan fingerprint density at radius 1 is 1.13 bits per heavy atom. The summed E-state index contributed by atoms with van der Waals surface area (Å²) < 4.78 is 1.18. The van der Waals surface area contributed by atoms with Crippen molar-refractivity contribution in [3.63, 3.8) is 0 Å². The third kappa shape index (κ3) is 2.54. The first-order chi connectivity index (χ1) is 7.16. The lowest BCUT2D eigenvalue weighted by Gasteiger charge is -2.18. The molecule has 1 aliphatic carbocycles. The SMILES string of the molecule is Cc1cc(Br)cc(C)c1NC1CCCC1. The summed E-state index contributed by atoms with van der Waals surface area (Å²) in [6, 6.07) is 5.07. The number of hydrogen-bond acceptors (Lipinski definition) is 1. The third-order valence-electron chi connectivity index (χ3n) is 3.20. The van der Waals surface area contributed by atoms with E-state index in [0.29, 0.717) is 6.04 Å². The monoisotopic (exact) mass is 267 g/mol. The number of rotatable bonds is 2. The van der Waals surface area contributed by atoms with E-state index in [1.807, 2.05) is 0 Å². The molecule has 0 spiro atoms. The molecule has 0 heterocycles. The molecule has 0 aliphatic heterocycles. The Balaban J connectivity index is 2.19. The first-order valence-corrected chi connectivity index (χ1v) is 6.49.